The highest BCUT2D eigenvalue weighted by Gasteiger charge is 2.32. The van der Waals surface area contributed by atoms with E-state index in [0.29, 0.717) is 29.5 Å². The Kier molecular flexibility index (Phi) is 5.73. The molecule has 1 atom stereocenters. The molecule has 1 saturated heterocycles. The lowest BCUT2D eigenvalue weighted by molar-refractivity contribution is 0.0609. The molecule has 0 radical (unpaired) electrons. The molecule has 1 aliphatic heterocycles. The number of likely N-dealkylation sites (tertiary alicyclic amines) is 1. The number of amides is 1. The van der Waals surface area contributed by atoms with Gasteiger partial charge < -0.3 is 9.32 Å². The van der Waals surface area contributed by atoms with E-state index in [9.17, 15) is 4.79 Å². The zero-order valence-electron chi connectivity index (χ0n) is 18.8. The predicted octanol–water partition coefficient (Wildman–Crippen LogP) is 4.81. The fourth-order valence-electron chi connectivity index (χ4n) is 4.50. The monoisotopic (exact) mass is 442 g/mol. The van der Waals surface area contributed by atoms with Gasteiger partial charge in [-0.3, -0.25) is 9.78 Å². The summed E-state index contributed by atoms with van der Waals surface area (Å²) in [6.45, 7) is 4.82. The minimum absolute atomic E-state index is 0.0132. The van der Waals surface area contributed by atoms with Gasteiger partial charge in [-0.25, -0.2) is 14.6 Å². The molecule has 4 aromatic rings. The van der Waals surface area contributed by atoms with Crippen molar-refractivity contribution in [2.75, 3.05) is 6.54 Å². The first-order chi connectivity index (χ1) is 16.1. The van der Waals surface area contributed by atoms with Crippen molar-refractivity contribution in [1.29, 1.82) is 0 Å². The Hall–Kier alpha value is -3.81. The number of carbonyl (C=O) groups is 1. The van der Waals surface area contributed by atoms with E-state index in [1.54, 1.807) is 35.6 Å². The molecule has 8 heteroatoms. The van der Waals surface area contributed by atoms with Crippen molar-refractivity contribution in [1.82, 2.24) is 29.6 Å². The average molecular weight is 443 g/mol. The molecule has 0 unspecified atom stereocenters. The molecule has 1 fully saturated rings. The lowest BCUT2D eigenvalue weighted by Gasteiger charge is -2.36. The minimum atomic E-state index is -0.0132. The third-order valence-electron chi connectivity index (χ3n) is 6.02. The summed E-state index contributed by atoms with van der Waals surface area (Å²) in [6, 6.07) is 9.44. The Balaban J connectivity index is 1.52. The largest absolute Gasteiger partial charge is 0.463 e. The second-order valence-corrected chi connectivity index (χ2v) is 8.53. The van der Waals surface area contributed by atoms with Crippen molar-refractivity contribution in [3.8, 4) is 17.4 Å². The normalized spacial score (nSPS) is 16.3. The Morgan fingerprint density at radius 2 is 2.03 bits per heavy atom. The number of pyridine rings is 1. The van der Waals surface area contributed by atoms with E-state index in [1.807, 2.05) is 35.4 Å². The molecule has 8 nitrogen and oxygen atoms in total. The van der Waals surface area contributed by atoms with Gasteiger partial charge in [0.2, 0.25) is 0 Å². The number of hydrogen-bond acceptors (Lipinski definition) is 6. The second kappa shape index (κ2) is 8.97. The summed E-state index contributed by atoms with van der Waals surface area (Å²) in [5.41, 5.74) is 3.12. The van der Waals surface area contributed by atoms with Crippen molar-refractivity contribution < 1.29 is 9.21 Å². The highest BCUT2D eigenvalue weighted by Crippen LogP contribution is 2.33. The van der Waals surface area contributed by atoms with Crippen LogP contribution in [0.3, 0.4) is 0 Å². The molecule has 0 aromatic carbocycles. The number of aromatic nitrogens is 5. The third-order valence-corrected chi connectivity index (χ3v) is 6.02. The summed E-state index contributed by atoms with van der Waals surface area (Å²) < 4.78 is 7.15. The van der Waals surface area contributed by atoms with Crippen LogP contribution < -0.4 is 0 Å². The van der Waals surface area contributed by atoms with Crippen LogP contribution in [-0.4, -0.2) is 42.1 Å². The molecule has 5 heterocycles. The number of carbonyl (C=O) groups excluding carboxylic acids is 1. The smallest absolute Gasteiger partial charge is 0.257 e. The molecule has 0 saturated carbocycles. The number of hydrogen-bond donors (Lipinski definition) is 0. The summed E-state index contributed by atoms with van der Waals surface area (Å²) in [5, 5.41) is 4.54. The summed E-state index contributed by atoms with van der Waals surface area (Å²) >= 11 is 0. The fourth-order valence-corrected chi connectivity index (χ4v) is 4.50. The van der Waals surface area contributed by atoms with Gasteiger partial charge in [0.15, 0.2) is 5.76 Å². The SMILES string of the molecule is CC(C)c1c(C(=O)N2CCCC[C@@H]2c2cccnc2)cnn1-c1nccc(-c2ccco2)n1. The molecule has 168 valence electrons. The van der Waals surface area contributed by atoms with E-state index in [4.69, 9.17) is 4.42 Å². The van der Waals surface area contributed by atoms with Crippen LogP contribution in [0.2, 0.25) is 0 Å². The minimum Gasteiger partial charge on any atom is -0.463 e. The maximum atomic E-state index is 13.8. The van der Waals surface area contributed by atoms with Crippen molar-refractivity contribution in [3.63, 3.8) is 0 Å². The third kappa shape index (κ3) is 4.04. The summed E-state index contributed by atoms with van der Waals surface area (Å²) in [4.78, 5) is 29.1. The first-order valence-corrected chi connectivity index (χ1v) is 11.3. The lowest BCUT2D eigenvalue weighted by Crippen LogP contribution is -2.39. The number of piperidine rings is 1. The van der Waals surface area contributed by atoms with Crippen molar-refractivity contribution in [2.24, 2.45) is 0 Å². The van der Waals surface area contributed by atoms with Crippen LogP contribution in [0, 0.1) is 0 Å². The van der Waals surface area contributed by atoms with E-state index in [1.165, 1.54) is 0 Å². The van der Waals surface area contributed by atoms with Crippen molar-refractivity contribution in [2.45, 2.75) is 45.1 Å². The van der Waals surface area contributed by atoms with Gasteiger partial charge in [-0.1, -0.05) is 19.9 Å². The molecule has 0 N–H and O–H groups in total. The van der Waals surface area contributed by atoms with Gasteiger partial charge >= 0.3 is 0 Å². The van der Waals surface area contributed by atoms with E-state index in [2.05, 4.69) is 33.9 Å². The van der Waals surface area contributed by atoms with E-state index in [0.717, 1.165) is 30.5 Å². The standard InChI is InChI=1S/C25H26N6O2/c1-17(2)23-19(24(32)30-13-4-3-8-21(30)18-7-5-11-26-15-18)16-28-31(23)25-27-12-10-20(29-25)22-9-6-14-33-22/h5-7,9-12,14-17,21H,3-4,8,13H2,1-2H3/t21-/m1/s1. The van der Waals surface area contributed by atoms with Gasteiger partial charge in [0.1, 0.15) is 5.69 Å². The molecular formula is C25H26N6O2. The number of nitrogens with zero attached hydrogens (tertiary/aromatic N) is 6. The molecule has 0 spiro atoms. The zero-order chi connectivity index (χ0) is 22.8. The van der Waals surface area contributed by atoms with Crippen LogP contribution in [-0.2, 0) is 0 Å². The summed E-state index contributed by atoms with van der Waals surface area (Å²) in [5.74, 6) is 1.10. The summed E-state index contributed by atoms with van der Waals surface area (Å²) in [6.07, 6.45) is 11.6. The van der Waals surface area contributed by atoms with Crippen LogP contribution in [0.15, 0.2) is 65.8 Å². The van der Waals surface area contributed by atoms with Gasteiger partial charge in [-0.05, 0) is 55.0 Å². The number of furan rings is 1. The van der Waals surface area contributed by atoms with Gasteiger partial charge in [0, 0.05) is 25.1 Å². The predicted molar refractivity (Wildman–Crippen MR) is 123 cm³/mol. The van der Waals surface area contributed by atoms with Crippen LogP contribution in [0.1, 0.15) is 66.7 Å². The van der Waals surface area contributed by atoms with Crippen LogP contribution in [0.5, 0.6) is 0 Å². The first-order valence-electron chi connectivity index (χ1n) is 11.3. The van der Waals surface area contributed by atoms with Gasteiger partial charge in [0.05, 0.1) is 29.8 Å². The highest BCUT2D eigenvalue weighted by atomic mass is 16.3. The van der Waals surface area contributed by atoms with Gasteiger partial charge in [-0.15, -0.1) is 0 Å². The van der Waals surface area contributed by atoms with E-state index >= 15 is 0 Å². The molecule has 1 amide bonds. The van der Waals surface area contributed by atoms with Crippen LogP contribution in [0.25, 0.3) is 17.4 Å². The Labute approximate surface area is 192 Å². The molecule has 0 aliphatic carbocycles. The quantitative estimate of drug-likeness (QED) is 0.441. The van der Waals surface area contributed by atoms with E-state index in [-0.39, 0.29) is 17.9 Å². The van der Waals surface area contributed by atoms with Crippen molar-refractivity contribution in [3.05, 3.63) is 78.2 Å². The number of rotatable bonds is 5. The molecule has 1 aliphatic rings. The topological polar surface area (TPSA) is 89.9 Å². The molecule has 33 heavy (non-hydrogen) atoms. The second-order valence-electron chi connectivity index (χ2n) is 8.53. The van der Waals surface area contributed by atoms with E-state index < -0.39 is 0 Å². The molecule has 5 rings (SSSR count). The zero-order valence-corrected chi connectivity index (χ0v) is 18.8. The van der Waals surface area contributed by atoms with Crippen LogP contribution in [0.4, 0.5) is 0 Å². The molecule has 4 aromatic heterocycles. The Bertz CT molecular complexity index is 1230. The maximum absolute atomic E-state index is 13.8. The Morgan fingerprint density at radius 1 is 1.12 bits per heavy atom. The average Bonchev–Trinajstić information content (AvgIpc) is 3.55. The van der Waals surface area contributed by atoms with Crippen LogP contribution >= 0.6 is 0 Å². The van der Waals surface area contributed by atoms with Gasteiger partial charge in [-0.2, -0.15) is 5.10 Å². The van der Waals surface area contributed by atoms with Crippen molar-refractivity contribution >= 4 is 5.91 Å². The maximum Gasteiger partial charge on any atom is 0.257 e. The highest BCUT2D eigenvalue weighted by molar-refractivity contribution is 5.95. The lowest BCUT2D eigenvalue weighted by atomic mass is 9.95. The Morgan fingerprint density at radius 3 is 2.79 bits per heavy atom. The summed E-state index contributed by atoms with van der Waals surface area (Å²) in [7, 11) is 0. The first kappa shape index (κ1) is 21.1. The fraction of sp³-hybridized carbons (Fsp3) is 0.320. The van der Waals surface area contributed by atoms with Gasteiger partial charge in [0.25, 0.3) is 11.9 Å². The molecule has 0 bridgehead atoms. The molecular weight excluding hydrogens is 416 g/mol.